The predicted octanol–water partition coefficient (Wildman–Crippen LogP) is 2.20. The summed E-state index contributed by atoms with van der Waals surface area (Å²) in [5, 5.41) is 0. The van der Waals surface area contributed by atoms with E-state index in [1.807, 2.05) is 12.1 Å². The van der Waals surface area contributed by atoms with Crippen molar-refractivity contribution in [1.82, 2.24) is 0 Å². The Morgan fingerprint density at radius 3 is 2.92 bits per heavy atom. The van der Waals surface area contributed by atoms with Gasteiger partial charge in [0.05, 0.1) is 6.26 Å². The van der Waals surface area contributed by atoms with Crippen LogP contribution in [0.3, 0.4) is 0 Å². The van der Waals surface area contributed by atoms with Crippen molar-refractivity contribution in [3.63, 3.8) is 0 Å². The molecule has 1 aromatic rings. The lowest BCUT2D eigenvalue weighted by Gasteiger charge is -2.10. The summed E-state index contributed by atoms with van der Waals surface area (Å²) in [5.74, 6) is 1.64. The van der Waals surface area contributed by atoms with Crippen molar-refractivity contribution >= 4 is 0 Å². The maximum Gasteiger partial charge on any atom is 0.104 e. The van der Waals surface area contributed by atoms with Crippen LogP contribution in [0.25, 0.3) is 0 Å². The first-order valence-electron chi connectivity index (χ1n) is 4.59. The van der Waals surface area contributed by atoms with Crippen LogP contribution in [-0.4, -0.2) is 6.54 Å². The van der Waals surface area contributed by atoms with Crippen molar-refractivity contribution in [3.05, 3.63) is 24.2 Å². The average Bonchev–Trinajstić information content (AvgIpc) is 2.56. The molecule has 2 N–H and O–H groups in total. The minimum atomic E-state index is 0.584. The van der Waals surface area contributed by atoms with Gasteiger partial charge in [0.15, 0.2) is 0 Å². The quantitative estimate of drug-likeness (QED) is 0.730. The molecule has 0 bridgehead atoms. The molecule has 0 aliphatic rings. The summed E-state index contributed by atoms with van der Waals surface area (Å²) in [6, 6.07) is 3.94. The van der Waals surface area contributed by atoms with Gasteiger partial charge in [0.1, 0.15) is 5.76 Å². The van der Waals surface area contributed by atoms with E-state index < -0.39 is 0 Å². The lowest BCUT2D eigenvalue weighted by Crippen LogP contribution is -2.16. The van der Waals surface area contributed by atoms with E-state index in [1.54, 1.807) is 6.26 Å². The SMILES string of the molecule is CCCC(CN)Cc1ccco1. The summed E-state index contributed by atoms with van der Waals surface area (Å²) in [6.07, 6.45) is 5.09. The molecule has 0 saturated carbocycles. The molecule has 1 heterocycles. The van der Waals surface area contributed by atoms with Crippen LogP contribution in [0.1, 0.15) is 25.5 Å². The van der Waals surface area contributed by atoms with E-state index in [0.717, 1.165) is 18.7 Å². The number of rotatable bonds is 5. The van der Waals surface area contributed by atoms with Crippen molar-refractivity contribution in [2.75, 3.05) is 6.54 Å². The summed E-state index contributed by atoms with van der Waals surface area (Å²) in [5.41, 5.74) is 5.63. The second kappa shape index (κ2) is 4.99. The minimum Gasteiger partial charge on any atom is -0.469 e. The van der Waals surface area contributed by atoms with Gasteiger partial charge in [-0.3, -0.25) is 0 Å². The van der Waals surface area contributed by atoms with Gasteiger partial charge < -0.3 is 10.2 Å². The van der Waals surface area contributed by atoms with Gasteiger partial charge in [0.2, 0.25) is 0 Å². The molecule has 2 heteroatoms. The molecule has 0 spiro atoms. The standard InChI is InChI=1S/C10H17NO/c1-2-4-9(8-11)7-10-5-3-6-12-10/h3,5-6,9H,2,4,7-8,11H2,1H3. The zero-order valence-corrected chi connectivity index (χ0v) is 7.62. The molecular formula is C10H17NO. The largest absolute Gasteiger partial charge is 0.469 e. The highest BCUT2D eigenvalue weighted by Gasteiger charge is 2.07. The molecule has 1 unspecified atom stereocenters. The van der Waals surface area contributed by atoms with Crippen molar-refractivity contribution in [2.24, 2.45) is 11.7 Å². The van der Waals surface area contributed by atoms with Crippen molar-refractivity contribution in [1.29, 1.82) is 0 Å². The molecule has 1 aromatic heterocycles. The zero-order chi connectivity index (χ0) is 8.81. The van der Waals surface area contributed by atoms with Gasteiger partial charge in [-0.05, 0) is 31.0 Å². The van der Waals surface area contributed by atoms with Gasteiger partial charge in [0.25, 0.3) is 0 Å². The van der Waals surface area contributed by atoms with Crippen LogP contribution < -0.4 is 5.73 Å². The monoisotopic (exact) mass is 167 g/mol. The fraction of sp³-hybridized carbons (Fsp3) is 0.600. The van der Waals surface area contributed by atoms with Crippen LogP contribution in [0.15, 0.2) is 22.8 Å². The smallest absolute Gasteiger partial charge is 0.104 e. The topological polar surface area (TPSA) is 39.2 Å². The Labute approximate surface area is 73.8 Å². The van der Waals surface area contributed by atoms with Crippen molar-refractivity contribution < 1.29 is 4.42 Å². The van der Waals surface area contributed by atoms with Crippen LogP contribution in [0, 0.1) is 5.92 Å². The Kier molecular flexibility index (Phi) is 3.88. The highest BCUT2D eigenvalue weighted by molar-refractivity contribution is 4.99. The van der Waals surface area contributed by atoms with Gasteiger partial charge in [-0.25, -0.2) is 0 Å². The molecule has 0 radical (unpaired) electrons. The molecule has 12 heavy (non-hydrogen) atoms. The van der Waals surface area contributed by atoms with Crippen molar-refractivity contribution in [2.45, 2.75) is 26.2 Å². The number of hydrogen-bond donors (Lipinski definition) is 1. The van der Waals surface area contributed by atoms with Crippen LogP contribution >= 0.6 is 0 Å². The zero-order valence-electron chi connectivity index (χ0n) is 7.62. The Hall–Kier alpha value is -0.760. The second-order valence-electron chi connectivity index (χ2n) is 3.17. The third kappa shape index (κ3) is 2.70. The maximum absolute atomic E-state index is 5.63. The van der Waals surface area contributed by atoms with Gasteiger partial charge in [-0.15, -0.1) is 0 Å². The van der Waals surface area contributed by atoms with E-state index in [0.29, 0.717) is 5.92 Å². The highest BCUT2D eigenvalue weighted by atomic mass is 16.3. The summed E-state index contributed by atoms with van der Waals surface area (Å²) < 4.78 is 5.26. The summed E-state index contributed by atoms with van der Waals surface area (Å²) in [4.78, 5) is 0. The number of furan rings is 1. The first-order valence-corrected chi connectivity index (χ1v) is 4.59. The van der Waals surface area contributed by atoms with E-state index in [-0.39, 0.29) is 0 Å². The highest BCUT2D eigenvalue weighted by Crippen LogP contribution is 2.12. The van der Waals surface area contributed by atoms with E-state index in [9.17, 15) is 0 Å². The van der Waals surface area contributed by atoms with Crippen LogP contribution in [0.5, 0.6) is 0 Å². The second-order valence-corrected chi connectivity index (χ2v) is 3.17. The van der Waals surface area contributed by atoms with Crippen LogP contribution in [-0.2, 0) is 6.42 Å². The summed E-state index contributed by atoms with van der Waals surface area (Å²) in [7, 11) is 0. The maximum atomic E-state index is 5.63. The Morgan fingerprint density at radius 1 is 1.58 bits per heavy atom. The molecule has 0 amide bonds. The number of nitrogens with two attached hydrogens (primary N) is 1. The first-order chi connectivity index (χ1) is 5.86. The van der Waals surface area contributed by atoms with Gasteiger partial charge in [0, 0.05) is 6.42 Å². The Morgan fingerprint density at radius 2 is 2.42 bits per heavy atom. The third-order valence-corrected chi connectivity index (χ3v) is 2.10. The molecule has 1 atom stereocenters. The predicted molar refractivity (Wildman–Crippen MR) is 49.9 cm³/mol. The molecule has 0 aromatic carbocycles. The molecule has 1 rings (SSSR count). The van der Waals surface area contributed by atoms with Crippen molar-refractivity contribution in [3.8, 4) is 0 Å². The summed E-state index contributed by atoms with van der Waals surface area (Å²) >= 11 is 0. The molecular weight excluding hydrogens is 150 g/mol. The van der Waals surface area contributed by atoms with E-state index in [2.05, 4.69) is 6.92 Å². The summed E-state index contributed by atoms with van der Waals surface area (Å²) in [6.45, 7) is 2.94. The molecule has 68 valence electrons. The number of hydrogen-bond acceptors (Lipinski definition) is 2. The van der Waals surface area contributed by atoms with E-state index in [4.69, 9.17) is 10.2 Å². The first kappa shape index (κ1) is 9.33. The molecule has 0 fully saturated rings. The minimum absolute atomic E-state index is 0.584. The van der Waals surface area contributed by atoms with Gasteiger partial charge in [-0.2, -0.15) is 0 Å². The van der Waals surface area contributed by atoms with E-state index >= 15 is 0 Å². The molecule has 0 aliphatic carbocycles. The fourth-order valence-electron chi connectivity index (χ4n) is 1.42. The lowest BCUT2D eigenvalue weighted by atomic mass is 9.99. The van der Waals surface area contributed by atoms with E-state index in [1.165, 1.54) is 12.8 Å². The normalized spacial score (nSPS) is 13.2. The molecule has 0 saturated heterocycles. The van der Waals surface area contributed by atoms with Crippen LogP contribution in [0.2, 0.25) is 0 Å². The molecule has 0 aliphatic heterocycles. The lowest BCUT2D eigenvalue weighted by molar-refractivity contribution is 0.421. The van der Waals surface area contributed by atoms with Gasteiger partial charge in [-0.1, -0.05) is 13.3 Å². The fourth-order valence-corrected chi connectivity index (χ4v) is 1.42. The average molecular weight is 167 g/mol. The van der Waals surface area contributed by atoms with Gasteiger partial charge >= 0.3 is 0 Å². The molecule has 2 nitrogen and oxygen atoms in total. The Balaban J connectivity index is 2.37. The Bertz CT molecular complexity index is 194. The van der Waals surface area contributed by atoms with Crippen LogP contribution in [0.4, 0.5) is 0 Å². The third-order valence-electron chi connectivity index (χ3n) is 2.10.